The molecule has 0 aliphatic carbocycles. The molecule has 7 nitrogen and oxygen atoms in total. The molecule has 2 fully saturated rings. The lowest BCUT2D eigenvalue weighted by Crippen LogP contribution is -2.53. The maximum absolute atomic E-state index is 13.2. The molecule has 3 aliphatic rings. The number of carbonyl (C=O) groups is 3. The third-order valence-corrected chi connectivity index (χ3v) is 6.49. The van der Waals surface area contributed by atoms with Gasteiger partial charge in [-0.1, -0.05) is 18.2 Å². The number of methoxy groups -OCH3 is 2. The Morgan fingerprint density at radius 2 is 1.96 bits per heavy atom. The first-order valence-corrected chi connectivity index (χ1v) is 9.14. The van der Waals surface area contributed by atoms with Crippen LogP contribution in [0.4, 0.5) is 5.69 Å². The Hall–Kier alpha value is -2.06. The Morgan fingerprint density at radius 3 is 2.68 bits per heavy atom. The van der Waals surface area contributed by atoms with Gasteiger partial charge in [0, 0.05) is 28.9 Å². The third kappa shape index (κ3) is 1.95. The quantitative estimate of drug-likeness (QED) is 0.779. The number of carbonyl (C=O) groups excluding carboxylic acids is 3. The van der Waals surface area contributed by atoms with Gasteiger partial charge in [-0.2, -0.15) is 0 Å². The summed E-state index contributed by atoms with van der Waals surface area (Å²) in [6.45, 7) is 0. The van der Waals surface area contributed by atoms with Gasteiger partial charge in [-0.05, 0) is 6.07 Å². The number of hydrogen-bond acceptors (Lipinski definition) is 7. The van der Waals surface area contributed by atoms with E-state index in [1.165, 1.54) is 14.2 Å². The Labute approximate surface area is 149 Å². The monoisotopic (exact) mass is 362 g/mol. The van der Waals surface area contributed by atoms with Crippen molar-refractivity contribution in [1.82, 2.24) is 4.90 Å². The van der Waals surface area contributed by atoms with Crippen LogP contribution in [0.2, 0.25) is 0 Å². The summed E-state index contributed by atoms with van der Waals surface area (Å²) in [7, 11) is 2.58. The van der Waals surface area contributed by atoms with Gasteiger partial charge in [0.25, 0.3) is 5.91 Å². The number of rotatable bonds is 2. The van der Waals surface area contributed by atoms with Crippen molar-refractivity contribution in [3.63, 3.8) is 0 Å². The zero-order valence-electron chi connectivity index (χ0n) is 13.9. The highest BCUT2D eigenvalue weighted by atomic mass is 32.2. The molecule has 1 N–H and O–H groups in total. The van der Waals surface area contributed by atoms with Gasteiger partial charge in [-0.15, -0.1) is 11.8 Å². The molecule has 0 unspecified atom stereocenters. The molecule has 2 saturated heterocycles. The zero-order valence-corrected chi connectivity index (χ0v) is 14.7. The number of ether oxygens (including phenoxy) is 2. The van der Waals surface area contributed by atoms with E-state index in [0.717, 1.165) is 0 Å². The van der Waals surface area contributed by atoms with Crippen LogP contribution in [-0.2, 0) is 29.4 Å². The Balaban J connectivity index is 1.97. The van der Waals surface area contributed by atoms with Crippen molar-refractivity contribution in [2.75, 3.05) is 31.2 Å². The number of benzene rings is 1. The van der Waals surface area contributed by atoms with Gasteiger partial charge in [0.05, 0.1) is 20.1 Å². The summed E-state index contributed by atoms with van der Waals surface area (Å²) in [6, 6.07) is 7.05. The van der Waals surface area contributed by atoms with Crippen molar-refractivity contribution >= 4 is 35.3 Å². The minimum Gasteiger partial charge on any atom is -0.469 e. The standard InChI is InChI=1S/C17H18N2O5S/c1-23-14(20)12-11-7-25-8-19(11)17(13(12)15(21)24-2)9-5-3-4-6-10(9)18-16(17)22/h3-6,11-13H,7-8H2,1-2H3,(H,18,22)/t11-,12+,13-,17+/m0/s1. The van der Waals surface area contributed by atoms with E-state index in [2.05, 4.69) is 5.32 Å². The second-order valence-electron chi connectivity index (χ2n) is 6.35. The lowest BCUT2D eigenvalue weighted by atomic mass is 9.75. The van der Waals surface area contributed by atoms with Crippen LogP contribution in [0.5, 0.6) is 0 Å². The predicted octanol–water partition coefficient (Wildman–Crippen LogP) is 0.801. The first-order valence-electron chi connectivity index (χ1n) is 7.98. The van der Waals surface area contributed by atoms with Crippen LogP contribution in [0.1, 0.15) is 5.56 Å². The lowest BCUT2D eigenvalue weighted by Gasteiger charge is -2.35. The molecule has 0 aromatic heterocycles. The van der Waals surface area contributed by atoms with Gasteiger partial charge in [0.2, 0.25) is 0 Å². The number of amides is 1. The van der Waals surface area contributed by atoms with E-state index < -0.39 is 29.3 Å². The topological polar surface area (TPSA) is 84.9 Å². The van der Waals surface area contributed by atoms with Gasteiger partial charge >= 0.3 is 11.9 Å². The number of para-hydroxylation sites is 1. The molecular weight excluding hydrogens is 344 g/mol. The molecule has 1 spiro atoms. The molecule has 0 bridgehead atoms. The van der Waals surface area contributed by atoms with Crippen LogP contribution < -0.4 is 5.32 Å². The van der Waals surface area contributed by atoms with Crippen LogP contribution in [-0.4, -0.2) is 54.6 Å². The Bertz CT molecular complexity index is 769. The zero-order chi connectivity index (χ0) is 17.8. The SMILES string of the molecule is COC(=O)[C@H]1[C@@H](C(=O)OC)[C@]2(C(=O)Nc3ccccc32)N2CSC[C@@H]12. The summed E-state index contributed by atoms with van der Waals surface area (Å²) in [5.41, 5.74) is 0.147. The Kier molecular flexibility index (Phi) is 3.77. The third-order valence-electron chi connectivity index (χ3n) is 5.46. The second kappa shape index (κ2) is 5.74. The first kappa shape index (κ1) is 16.4. The van der Waals surface area contributed by atoms with Crippen LogP contribution in [0.3, 0.4) is 0 Å². The average molecular weight is 362 g/mol. The fourth-order valence-electron chi connectivity index (χ4n) is 4.51. The molecule has 1 aromatic carbocycles. The molecule has 0 radical (unpaired) electrons. The van der Waals surface area contributed by atoms with E-state index in [4.69, 9.17) is 9.47 Å². The number of nitrogens with zero attached hydrogens (tertiary/aromatic N) is 1. The van der Waals surface area contributed by atoms with Gasteiger partial charge < -0.3 is 14.8 Å². The van der Waals surface area contributed by atoms with Gasteiger partial charge in [-0.3, -0.25) is 19.3 Å². The number of thioether (sulfide) groups is 1. The molecule has 3 heterocycles. The molecule has 1 amide bonds. The van der Waals surface area contributed by atoms with Crippen LogP contribution in [0.25, 0.3) is 0 Å². The van der Waals surface area contributed by atoms with Crippen molar-refractivity contribution in [3.05, 3.63) is 29.8 Å². The van der Waals surface area contributed by atoms with Crippen molar-refractivity contribution in [1.29, 1.82) is 0 Å². The van der Waals surface area contributed by atoms with E-state index in [1.807, 2.05) is 23.1 Å². The van der Waals surface area contributed by atoms with E-state index in [0.29, 0.717) is 22.9 Å². The molecular formula is C17H18N2O5S. The summed E-state index contributed by atoms with van der Waals surface area (Å²) < 4.78 is 9.99. The van der Waals surface area contributed by atoms with Crippen molar-refractivity contribution in [3.8, 4) is 0 Å². The summed E-state index contributed by atoms with van der Waals surface area (Å²) in [6.07, 6.45) is 0. The number of anilines is 1. The van der Waals surface area contributed by atoms with Gasteiger partial charge in [-0.25, -0.2) is 0 Å². The van der Waals surface area contributed by atoms with Crippen molar-refractivity contribution in [2.24, 2.45) is 11.8 Å². The molecule has 3 aliphatic heterocycles. The summed E-state index contributed by atoms with van der Waals surface area (Å²) in [5, 5.41) is 2.88. The molecule has 4 rings (SSSR count). The number of hydrogen-bond donors (Lipinski definition) is 1. The fourth-order valence-corrected chi connectivity index (χ4v) is 5.84. The summed E-state index contributed by atoms with van der Waals surface area (Å²) in [4.78, 5) is 40.4. The molecule has 132 valence electrons. The first-order chi connectivity index (χ1) is 12.1. The van der Waals surface area contributed by atoms with Crippen LogP contribution >= 0.6 is 11.8 Å². The maximum Gasteiger partial charge on any atom is 0.312 e. The molecule has 0 saturated carbocycles. The minimum atomic E-state index is -1.24. The summed E-state index contributed by atoms with van der Waals surface area (Å²) >= 11 is 1.64. The smallest absolute Gasteiger partial charge is 0.312 e. The fraction of sp³-hybridized carbons (Fsp3) is 0.471. The predicted molar refractivity (Wildman–Crippen MR) is 90.7 cm³/mol. The minimum absolute atomic E-state index is 0.251. The van der Waals surface area contributed by atoms with Crippen LogP contribution in [0, 0.1) is 11.8 Å². The number of fused-ring (bicyclic) bond motifs is 4. The van der Waals surface area contributed by atoms with E-state index >= 15 is 0 Å². The molecule has 4 atom stereocenters. The molecule has 8 heteroatoms. The molecule has 25 heavy (non-hydrogen) atoms. The highest BCUT2D eigenvalue weighted by Crippen LogP contribution is 2.58. The van der Waals surface area contributed by atoms with E-state index in [9.17, 15) is 14.4 Å². The highest BCUT2D eigenvalue weighted by molar-refractivity contribution is 7.99. The lowest BCUT2D eigenvalue weighted by molar-refractivity contribution is -0.160. The number of esters is 2. The maximum atomic E-state index is 13.2. The normalized spacial score (nSPS) is 33.0. The van der Waals surface area contributed by atoms with Crippen LogP contribution in [0.15, 0.2) is 24.3 Å². The van der Waals surface area contributed by atoms with Crippen molar-refractivity contribution < 1.29 is 23.9 Å². The highest BCUT2D eigenvalue weighted by Gasteiger charge is 2.71. The Morgan fingerprint density at radius 1 is 1.24 bits per heavy atom. The largest absolute Gasteiger partial charge is 0.469 e. The van der Waals surface area contributed by atoms with E-state index in [-0.39, 0.29) is 11.9 Å². The summed E-state index contributed by atoms with van der Waals surface area (Å²) in [5.74, 6) is -1.81. The van der Waals surface area contributed by atoms with Crippen molar-refractivity contribution in [2.45, 2.75) is 11.6 Å². The molecule has 1 aromatic rings. The number of nitrogens with one attached hydrogen (secondary N) is 1. The second-order valence-corrected chi connectivity index (χ2v) is 7.35. The average Bonchev–Trinajstić information content (AvgIpc) is 3.27. The van der Waals surface area contributed by atoms with Gasteiger partial charge in [0.1, 0.15) is 11.5 Å². The van der Waals surface area contributed by atoms with Gasteiger partial charge in [0.15, 0.2) is 0 Å². The van der Waals surface area contributed by atoms with E-state index in [1.54, 1.807) is 17.8 Å².